The van der Waals surface area contributed by atoms with E-state index < -0.39 is 0 Å². The molecule has 4 heteroatoms. The lowest BCUT2D eigenvalue weighted by Crippen LogP contribution is -2.32. The Hall–Kier alpha value is -2.23. The molecule has 23 heavy (non-hydrogen) atoms. The average molecular weight is 310 g/mol. The number of benzene rings is 1. The highest BCUT2D eigenvalue weighted by atomic mass is 16.5. The van der Waals surface area contributed by atoms with Crippen LogP contribution in [0, 0.1) is 0 Å². The number of aromatic amines is 1. The number of hydrogen-bond acceptors (Lipinski definition) is 2. The van der Waals surface area contributed by atoms with E-state index in [1.807, 2.05) is 12.3 Å². The maximum absolute atomic E-state index is 12.7. The molecule has 0 saturated heterocycles. The topological polar surface area (TPSA) is 54.1 Å². The lowest BCUT2D eigenvalue weighted by Gasteiger charge is -2.28. The first-order valence-corrected chi connectivity index (χ1v) is 8.50. The number of carbonyl (C=O) groups excluding carboxylic acids is 1. The maximum Gasteiger partial charge on any atom is 0.253 e. The van der Waals surface area contributed by atoms with E-state index in [0.717, 1.165) is 35.4 Å². The predicted molar refractivity (Wildman–Crippen MR) is 88.9 cm³/mol. The smallest absolute Gasteiger partial charge is 0.253 e. The molecule has 0 spiro atoms. The number of aryl methyl sites for hydroxylation is 1. The van der Waals surface area contributed by atoms with E-state index in [0.29, 0.717) is 12.5 Å². The van der Waals surface area contributed by atoms with Gasteiger partial charge in [-0.15, -0.1) is 0 Å². The number of hydrogen-bond donors (Lipinski definition) is 2. The number of ether oxygens (including phenoxy) is 1. The zero-order valence-electron chi connectivity index (χ0n) is 13.4. The van der Waals surface area contributed by atoms with Crippen molar-refractivity contribution < 1.29 is 9.53 Å². The molecule has 4 rings (SSSR count). The fourth-order valence-corrected chi connectivity index (χ4v) is 3.44. The summed E-state index contributed by atoms with van der Waals surface area (Å²) in [6.07, 6.45) is 5.99. The average Bonchev–Trinajstić information content (AvgIpc) is 3.31. The number of rotatable bonds is 4. The molecule has 1 aliphatic heterocycles. The molecule has 1 aliphatic carbocycles. The van der Waals surface area contributed by atoms with Crippen molar-refractivity contribution in [2.45, 2.75) is 44.6 Å². The van der Waals surface area contributed by atoms with Crippen LogP contribution in [-0.2, 0) is 6.42 Å². The van der Waals surface area contributed by atoms with Gasteiger partial charge in [-0.1, -0.05) is 25.1 Å². The van der Waals surface area contributed by atoms with Crippen LogP contribution in [0.2, 0.25) is 0 Å². The van der Waals surface area contributed by atoms with E-state index in [4.69, 9.17) is 4.74 Å². The molecule has 1 aromatic carbocycles. The van der Waals surface area contributed by atoms with Crippen LogP contribution in [0.4, 0.5) is 0 Å². The first kappa shape index (κ1) is 14.4. The Morgan fingerprint density at radius 3 is 2.96 bits per heavy atom. The first-order valence-electron chi connectivity index (χ1n) is 8.50. The number of carbonyl (C=O) groups is 1. The Bertz CT molecular complexity index is 731. The highest BCUT2D eigenvalue weighted by Crippen LogP contribution is 2.41. The molecule has 1 atom stereocenters. The summed E-state index contributed by atoms with van der Waals surface area (Å²) in [5.41, 5.74) is 4.21. The zero-order chi connectivity index (χ0) is 15.8. The van der Waals surface area contributed by atoms with Gasteiger partial charge in [-0.05, 0) is 36.8 Å². The van der Waals surface area contributed by atoms with Gasteiger partial charge in [-0.3, -0.25) is 4.79 Å². The van der Waals surface area contributed by atoms with Gasteiger partial charge < -0.3 is 15.0 Å². The highest BCUT2D eigenvalue weighted by molar-refractivity contribution is 5.96. The minimum Gasteiger partial charge on any atom is -0.493 e. The molecule has 2 aromatic rings. The molecule has 4 nitrogen and oxygen atoms in total. The molecule has 1 fully saturated rings. The molecule has 2 heterocycles. The van der Waals surface area contributed by atoms with Gasteiger partial charge in [0.2, 0.25) is 0 Å². The molecular weight excluding hydrogens is 288 g/mol. The van der Waals surface area contributed by atoms with Crippen molar-refractivity contribution in [1.29, 1.82) is 0 Å². The highest BCUT2D eigenvalue weighted by Gasteiger charge is 2.31. The van der Waals surface area contributed by atoms with Crippen LogP contribution in [-0.4, -0.2) is 17.5 Å². The summed E-state index contributed by atoms with van der Waals surface area (Å²) in [5, 5.41) is 3.21. The molecule has 1 amide bonds. The Morgan fingerprint density at radius 1 is 1.30 bits per heavy atom. The van der Waals surface area contributed by atoms with E-state index in [2.05, 4.69) is 35.4 Å². The van der Waals surface area contributed by atoms with Crippen molar-refractivity contribution in [1.82, 2.24) is 10.3 Å². The summed E-state index contributed by atoms with van der Waals surface area (Å²) in [6.45, 7) is 2.78. The number of nitrogens with one attached hydrogen (secondary N) is 2. The Kier molecular flexibility index (Phi) is 3.60. The van der Waals surface area contributed by atoms with Crippen LogP contribution in [0.1, 0.15) is 65.3 Å². The van der Waals surface area contributed by atoms with Crippen LogP contribution in [0.25, 0.3) is 0 Å². The SMILES string of the molecule is CCc1cccc2c1OCCC2NC(=O)c1cc[nH]c1C1CC1. The van der Waals surface area contributed by atoms with Crippen LogP contribution < -0.4 is 10.1 Å². The third-order valence-electron chi connectivity index (χ3n) is 4.85. The fourth-order valence-electron chi connectivity index (χ4n) is 3.44. The summed E-state index contributed by atoms with van der Waals surface area (Å²) in [6, 6.07) is 8.14. The van der Waals surface area contributed by atoms with Crippen molar-refractivity contribution in [3.63, 3.8) is 0 Å². The third-order valence-corrected chi connectivity index (χ3v) is 4.85. The molecule has 0 radical (unpaired) electrons. The first-order chi connectivity index (χ1) is 11.3. The zero-order valence-corrected chi connectivity index (χ0v) is 13.4. The minimum atomic E-state index is 0.0212. The standard InChI is InChI=1S/C19H22N2O2/c1-2-12-4-3-5-14-16(9-11-23-18(12)14)21-19(22)15-8-10-20-17(15)13-6-7-13/h3-5,8,10,13,16,20H,2,6-7,9,11H2,1H3,(H,21,22). The number of para-hydroxylation sites is 1. The Morgan fingerprint density at radius 2 is 2.17 bits per heavy atom. The van der Waals surface area contributed by atoms with E-state index in [-0.39, 0.29) is 11.9 Å². The van der Waals surface area contributed by atoms with Crippen LogP contribution >= 0.6 is 0 Å². The molecule has 1 saturated carbocycles. The van der Waals surface area contributed by atoms with E-state index in [1.54, 1.807) is 0 Å². The second kappa shape index (κ2) is 5.76. The molecule has 0 bridgehead atoms. The minimum absolute atomic E-state index is 0.0212. The number of amides is 1. The van der Waals surface area contributed by atoms with Crippen LogP contribution in [0.3, 0.4) is 0 Å². The van der Waals surface area contributed by atoms with Crippen molar-refractivity contribution >= 4 is 5.91 Å². The van der Waals surface area contributed by atoms with Crippen LogP contribution in [0.5, 0.6) is 5.75 Å². The summed E-state index contributed by atoms with van der Waals surface area (Å²) >= 11 is 0. The predicted octanol–water partition coefficient (Wildman–Crippen LogP) is 3.71. The molecule has 2 aliphatic rings. The summed E-state index contributed by atoms with van der Waals surface area (Å²) in [7, 11) is 0. The van der Waals surface area contributed by atoms with Crippen molar-refractivity contribution in [2.24, 2.45) is 0 Å². The Balaban J connectivity index is 1.58. The Labute approximate surface area is 136 Å². The van der Waals surface area contributed by atoms with Crippen molar-refractivity contribution in [3.05, 3.63) is 52.8 Å². The second-order valence-electron chi connectivity index (χ2n) is 6.43. The van der Waals surface area contributed by atoms with E-state index in [9.17, 15) is 4.79 Å². The van der Waals surface area contributed by atoms with E-state index >= 15 is 0 Å². The van der Waals surface area contributed by atoms with Gasteiger partial charge in [0.15, 0.2) is 0 Å². The fraction of sp³-hybridized carbons (Fsp3) is 0.421. The van der Waals surface area contributed by atoms with Gasteiger partial charge in [0, 0.05) is 23.9 Å². The molecular formula is C19H22N2O2. The summed E-state index contributed by atoms with van der Waals surface area (Å²) in [5.74, 6) is 1.52. The van der Waals surface area contributed by atoms with Crippen molar-refractivity contribution in [2.75, 3.05) is 6.61 Å². The monoisotopic (exact) mass is 310 g/mol. The summed E-state index contributed by atoms with van der Waals surface area (Å²) in [4.78, 5) is 16.0. The van der Waals surface area contributed by atoms with Gasteiger partial charge in [-0.25, -0.2) is 0 Å². The summed E-state index contributed by atoms with van der Waals surface area (Å²) < 4.78 is 5.86. The second-order valence-corrected chi connectivity index (χ2v) is 6.43. The van der Waals surface area contributed by atoms with Gasteiger partial charge in [0.05, 0.1) is 18.2 Å². The molecule has 1 unspecified atom stereocenters. The van der Waals surface area contributed by atoms with Crippen molar-refractivity contribution in [3.8, 4) is 5.75 Å². The molecule has 2 N–H and O–H groups in total. The number of fused-ring (bicyclic) bond motifs is 1. The quantitative estimate of drug-likeness (QED) is 0.904. The van der Waals surface area contributed by atoms with E-state index in [1.165, 1.54) is 18.4 Å². The third kappa shape index (κ3) is 2.62. The largest absolute Gasteiger partial charge is 0.493 e. The van der Waals surface area contributed by atoms with Gasteiger partial charge in [0.1, 0.15) is 5.75 Å². The van der Waals surface area contributed by atoms with Gasteiger partial charge >= 0.3 is 0 Å². The number of aromatic nitrogens is 1. The number of H-pyrrole nitrogens is 1. The lowest BCUT2D eigenvalue weighted by atomic mass is 9.96. The van der Waals surface area contributed by atoms with Crippen LogP contribution in [0.15, 0.2) is 30.5 Å². The lowest BCUT2D eigenvalue weighted by molar-refractivity contribution is 0.0923. The normalized spacial score (nSPS) is 19.8. The molecule has 120 valence electrons. The van der Waals surface area contributed by atoms with Gasteiger partial charge in [0.25, 0.3) is 5.91 Å². The van der Waals surface area contributed by atoms with Gasteiger partial charge in [-0.2, -0.15) is 0 Å². The maximum atomic E-state index is 12.7. The molecule has 1 aromatic heterocycles.